The SMILES string of the molecule is Cc1noc(C)c1CN(C)[C@@H]1CCN(c2ccccc2Cl)C1=O. The normalized spacial score (nSPS) is 18.2. The molecule has 1 aromatic heterocycles. The van der Waals surface area contributed by atoms with Crippen molar-refractivity contribution in [3.8, 4) is 0 Å². The molecule has 0 unspecified atom stereocenters. The van der Waals surface area contributed by atoms with Gasteiger partial charge in [-0.15, -0.1) is 0 Å². The number of para-hydroxylation sites is 1. The van der Waals surface area contributed by atoms with E-state index >= 15 is 0 Å². The molecule has 0 saturated carbocycles. The lowest BCUT2D eigenvalue weighted by Crippen LogP contribution is -2.39. The molecule has 0 radical (unpaired) electrons. The number of likely N-dealkylation sites (N-methyl/N-ethyl adjacent to an activating group) is 1. The number of hydrogen-bond acceptors (Lipinski definition) is 4. The van der Waals surface area contributed by atoms with Crippen molar-refractivity contribution in [3.63, 3.8) is 0 Å². The Morgan fingerprint density at radius 2 is 2.13 bits per heavy atom. The Morgan fingerprint density at radius 1 is 1.39 bits per heavy atom. The van der Waals surface area contributed by atoms with Gasteiger partial charge in [-0.2, -0.15) is 0 Å². The van der Waals surface area contributed by atoms with E-state index < -0.39 is 0 Å². The largest absolute Gasteiger partial charge is 0.361 e. The van der Waals surface area contributed by atoms with Gasteiger partial charge in [0.1, 0.15) is 5.76 Å². The molecular formula is C17H20ClN3O2. The maximum absolute atomic E-state index is 12.8. The number of aromatic nitrogens is 1. The lowest BCUT2D eigenvalue weighted by molar-refractivity contribution is -0.121. The van der Waals surface area contributed by atoms with Crippen LogP contribution in [0.5, 0.6) is 0 Å². The third-order valence-corrected chi connectivity index (χ3v) is 4.76. The fraction of sp³-hybridized carbons (Fsp3) is 0.412. The predicted molar refractivity (Wildman–Crippen MR) is 89.7 cm³/mol. The first kappa shape index (κ1) is 16.0. The van der Waals surface area contributed by atoms with Gasteiger partial charge in [-0.3, -0.25) is 9.69 Å². The van der Waals surface area contributed by atoms with E-state index in [4.69, 9.17) is 16.1 Å². The number of carbonyl (C=O) groups is 1. The van der Waals surface area contributed by atoms with E-state index in [0.717, 1.165) is 29.1 Å². The second kappa shape index (κ2) is 6.34. The van der Waals surface area contributed by atoms with Gasteiger partial charge in [0, 0.05) is 18.7 Å². The summed E-state index contributed by atoms with van der Waals surface area (Å²) >= 11 is 6.23. The minimum atomic E-state index is -0.153. The molecule has 1 aliphatic heterocycles. The lowest BCUT2D eigenvalue weighted by Gasteiger charge is -2.24. The number of rotatable bonds is 4. The minimum absolute atomic E-state index is 0.0901. The quantitative estimate of drug-likeness (QED) is 0.862. The van der Waals surface area contributed by atoms with Crippen molar-refractivity contribution in [3.05, 3.63) is 46.3 Å². The molecule has 0 spiro atoms. The Morgan fingerprint density at radius 3 is 2.78 bits per heavy atom. The summed E-state index contributed by atoms with van der Waals surface area (Å²) in [6.07, 6.45) is 0.782. The van der Waals surface area contributed by atoms with Crippen LogP contribution in [0.3, 0.4) is 0 Å². The Balaban J connectivity index is 1.75. The Hall–Kier alpha value is -1.85. The fourth-order valence-corrected chi connectivity index (χ4v) is 3.31. The molecule has 1 saturated heterocycles. The van der Waals surface area contributed by atoms with Crippen LogP contribution in [0.15, 0.2) is 28.8 Å². The molecule has 0 aliphatic carbocycles. The summed E-state index contributed by atoms with van der Waals surface area (Å²) < 4.78 is 5.20. The number of amides is 1. The molecule has 122 valence electrons. The summed E-state index contributed by atoms with van der Waals surface area (Å²) in [4.78, 5) is 16.6. The van der Waals surface area contributed by atoms with Gasteiger partial charge in [0.2, 0.25) is 5.91 Å². The van der Waals surface area contributed by atoms with Crippen molar-refractivity contribution in [2.75, 3.05) is 18.5 Å². The van der Waals surface area contributed by atoms with Gasteiger partial charge in [-0.25, -0.2) is 0 Å². The van der Waals surface area contributed by atoms with E-state index in [1.165, 1.54) is 0 Å². The Bertz CT molecular complexity index is 709. The van der Waals surface area contributed by atoms with Crippen molar-refractivity contribution < 1.29 is 9.32 Å². The molecule has 1 aromatic carbocycles. The van der Waals surface area contributed by atoms with E-state index in [2.05, 4.69) is 10.1 Å². The van der Waals surface area contributed by atoms with Crippen LogP contribution in [0.4, 0.5) is 5.69 Å². The molecular weight excluding hydrogens is 314 g/mol. The zero-order valence-corrected chi connectivity index (χ0v) is 14.3. The minimum Gasteiger partial charge on any atom is -0.361 e. The average Bonchev–Trinajstić information content (AvgIpc) is 3.05. The molecule has 0 bridgehead atoms. The maximum Gasteiger partial charge on any atom is 0.244 e. The van der Waals surface area contributed by atoms with Crippen molar-refractivity contribution in [1.82, 2.24) is 10.1 Å². The molecule has 0 N–H and O–H groups in total. The van der Waals surface area contributed by atoms with Crippen LogP contribution in [-0.2, 0) is 11.3 Å². The van der Waals surface area contributed by atoms with Gasteiger partial charge in [-0.1, -0.05) is 28.9 Å². The summed E-state index contributed by atoms with van der Waals surface area (Å²) in [5.74, 6) is 0.898. The monoisotopic (exact) mass is 333 g/mol. The van der Waals surface area contributed by atoms with E-state index in [9.17, 15) is 4.79 Å². The number of hydrogen-bond donors (Lipinski definition) is 0. The molecule has 6 heteroatoms. The van der Waals surface area contributed by atoms with Gasteiger partial charge in [-0.05, 0) is 39.4 Å². The molecule has 23 heavy (non-hydrogen) atoms. The highest BCUT2D eigenvalue weighted by molar-refractivity contribution is 6.33. The van der Waals surface area contributed by atoms with Gasteiger partial charge in [0.25, 0.3) is 0 Å². The highest BCUT2D eigenvalue weighted by Gasteiger charge is 2.36. The number of aryl methyl sites for hydroxylation is 2. The van der Waals surface area contributed by atoms with E-state index in [1.807, 2.05) is 45.2 Å². The van der Waals surface area contributed by atoms with Crippen LogP contribution < -0.4 is 4.90 Å². The number of halogens is 1. The zero-order valence-electron chi connectivity index (χ0n) is 13.5. The summed E-state index contributed by atoms with van der Waals surface area (Å²) in [6.45, 7) is 5.15. The molecule has 1 atom stereocenters. The number of anilines is 1. The van der Waals surface area contributed by atoms with E-state index in [1.54, 1.807) is 4.90 Å². The third-order valence-electron chi connectivity index (χ3n) is 4.44. The third kappa shape index (κ3) is 2.99. The van der Waals surface area contributed by atoms with Gasteiger partial charge < -0.3 is 9.42 Å². The average molecular weight is 334 g/mol. The van der Waals surface area contributed by atoms with E-state index in [-0.39, 0.29) is 11.9 Å². The smallest absolute Gasteiger partial charge is 0.244 e. The van der Waals surface area contributed by atoms with Gasteiger partial charge >= 0.3 is 0 Å². The first-order chi connectivity index (χ1) is 11.0. The van der Waals surface area contributed by atoms with Crippen molar-refractivity contribution in [2.24, 2.45) is 0 Å². The fourth-order valence-electron chi connectivity index (χ4n) is 3.07. The van der Waals surface area contributed by atoms with Crippen molar-refractivity contribution in [2.45, 2.75) is 32.9 Å². The number of nitrogens with zero attached hydrogens (tertiary/aromatic N) is 3. The first-order valence-corrected chi connectivity index (χ1v) is 8.04. The standard InChI is InChI=1S/C17H20ClN3O2/c1-11-13(12(2)23-19-11)10-20(3)16-8-9-21(17(16)22)15-7-5-4-6-14(15)18/h4-7,16H,8-10H2,1-3H3/t16-/m1/s1. The summed E-state index contributed by atoms with van der Waals surface area (Å²) in [5, 5.41) is 4.58. The lowest BCUT2D eigenvalue weighted by atomic mass is 10.1. The Labute approximate surface area is 140 Å². The molecule has 5 nitrogen and oxygen atoms in total. The molecule has 2 heterocycles. The molecule has 1 aliphatic rings. The van der Waals surface area contributed by atoms with Crippen LogP contribution in [0.2, 0.25) is 5.02 Å². The van der Waals surface area contributed by atoms with Gasteiger partial charge in [0.05, 0.1) is 22.4 Å². The van der Waals surface area contributed by atoms with Crippen LogP contribution >= 0.6 is 11.6 Å². The Kier molecular flexibility index (Phi) is 4.41. The molecule has 3 rings (SSSR count). The predicted octanol–water partition coefficient (Wildman–Crippen LogP) is 3.18. The number of carbonyl (C=O) groups excluding carboxylic acids is 1. The van der Waals surface area contributed by atoms with Crippen molar-refractivity contribution >= 4 is 23.2 Å². The highest BCUT2D eigenvalue weighted by Crippen LogP contribution is 2.30. The summed E-state index contributed by atoms with van der Waals surface area (Å²) in [5.41, 5.74) is 2.71. The second-order valence-corrected chi connectivity index (χ2v) is 6.37. The second-order valence-electron chi connectivity index (χ2n) is 5.96. The van der Waals surface area contributed by atoms with E-state index in [0.29, 0.717) is 18.1 Å². The molecule has 2 aromatic rings. The van der Waals surface area contributed by atoms with Gasteiger partial charge in [0.15, 0.2) is 0 Å². The van der Waals surface area contributed by atoms with Crippen LogP contribution in [0, 0.1) is 13.8 Å². The topological polar surface area (TPSA) is 49.6 Å². The highest BCUT2D eigenvalue weighted by atomic mass is 35.5. The molecule has 1 amide bonds. The maximum atomic E-state index is 12.8. The van der Waals surface area contributed by atoms with Crippen molar-refractivity contribution in [1.29, 1.82) is 0 Å². The molecule has 1 fully saturated rings. The summed E-state index contributed by atoms with van der Waals surface area (Å²) in [6, 6.07) is 7.31. The van der Waals surface area contributed by atoms with Crippen LogP contribution in [0.25, 0.3) is 0 Å². The zero-order chi connectivity index (χ0) is 16.6. The number of benzene rings is 1. The van der Waals surface area contributed by atoms with Crippen LogP contribution in [0.1, 0.15) is 23.4 Å². The first-order valence-electron chi connectivity index (χ1n) is 7.67. The van der Waals surface area contributed by atoms with Crippen LogP contribution in [-0.4, -0.2) is 35.6 Å². The summed E-state index contributed by atoms with van der Waals surface area (Å²) in [7, 11) is 1.96.